The zero-order chi connectivity index (χ0) is 12.4. The summed E-state index contributed by atoms with van der Waals surface area (Å²) >= 11 is 0. The number of nitrogens with zero attached hydrogens (tertiary/aromatic N) is 1. The summed E-state index contributed by atoms with van der Waals surface area (Å²) in [7, 11) is 2.10. The van der Waals surface area contributed by atoms with Crippen LogP contribution in [0.25, 0.3) is 0 Å². The van der Waals surface area contributed by atoms with Crippen LogP contribution in [-0.4, -0.2) is 49.3 Å². The molecule has 1 N–H and O–H groups in total. The van der Waals surface area contributed by atoms with E-state index in [9.17, 15) is 0 Å². The highest BCUT2D eigenvalue weighted by atomic mass is 16.5. The van der Waals surface area contributed by atoms with Gasteiger partial charge in [0, 0.05) is 31.3 Å². The predicted molar refractivity (Wildman–Crippen MR) is 71.2 cm³/mol. The molecule has 0 amide bonds. The van der Waals surface area contributed by atoms with Crippen LogP contribution in [-0.2, 0) is 4.74 Å². The first kappa shape index (κ1) is 13.3. The van der Waals surface area contributed by atoms with Crippen LogP contribution < -0.4 is 5.32 Å². The van der Waals surface area contributed by atoms with Crippen molar-refractivity contribution in [3.63, 3.8) is 0 Å². The van der Waals surface area contributed by atoms with Gasteiger partial charge >= 0.3 is 0 Å². The first-order valence-electron chi connectivity index (χ1n) is 7.18. The molecular formula is C14H28N2O. The average Bonchev–Trinajstić information content (AvgIpc) is 2.32. The lowest BCUT2D eigenvalue weighted by atomic mass is 9.85. The summed E-state index contributed by atoms with van der Waals surface area (Å²) in [5.74, 6) is 0.743. The molecule has 0 aromatic rings. The SMILES string of the molecule is CNC1CCN(C2CCOC(C)C2)C(C)C1C. The van der Waals surface area contributed by atoms with Gasteiger partial charge in [-0.2, -0.15) is 0 Å². The summed E-state index contributed by atoms with van der Waals surface area (Å²) in [6, 6.07) is 2.13. The lowest BCUT2D eigenvalue weighted by Gasteiger charge is -2.48. The highest BCUT2D eigenvalue weighted by Crippen LogP contribution is 2.29. The van der Waals surface area contributed by atoms with Crippen LogP contribution in [0.2, 0.25) is 0 Å². The summed E-state index contributed by atoms with van der Waals surface area (Å²) < 4.78 is 5.66. The van der Waals surface area contributed by atoms with Crippen LogP contribution in [0.1, 0.15) is 40.0 Å². The second-order valence-electron chi connectivity index (χ2n) is 5.88. The number of rotatable bonds is 2. The lowest BCUT2D eigenvalue weighted by molar-refractivity contribution is -0.0453. The molecule has 100 valence electrons. The Balaban J connectivity index is 1.97. The Morgan fingerprint density at radius 1 is 1.18 bits per heavy atom. The Kier molecular flexibility index (Phi) is 4.45. The molecule has 0 radical (unpaired) electrons. The number of nitrogens with one attached hydrogen (secondary N) is 1. The van der Waals surface area contributed by atoms with Crippen molar-refractivity contribution in [1.82, 2.24) is 10.2 Å². The van der Waals surface area contributed by atoms with Gasteiger partial charge in [-0.1, -0.05) is 6.92 Å². The van der Waals surface area contributed by atoms with Crippen LogP contribution >= 0.6 is 0 Å². The van der Waals surface area contributed by atoms with Gasteiger partial charge < -0.3 is 10.1 Å². The Bertz CT molecular complexity index is 246. The predicted octanol–water partition coefficient (Wildman–Crippen LogP) is 1.87. The van der Waals surface area contributed by atoms with E-state index in [2.05, 4.69) is 38.0 Å². The molecule has 3 heteroatoms. The van der Waals surface area contributed by atoms with Crippen LogP contribution in [0.15, 0.2) is 0 Å². The third-order valence-electron chi connectivity index (χ3n) is 4.91. The molecule has 2 heterocycles. The summed E-state index contributed by atoms with van der Waals surface area (Å²) in [5.41, 5.74) is 0. The molecule has 17 heavy (non-hydrogen) atoms. The first-order valence-corrected chi connectivity index (χ1v) is 7.18. The third kappa shape index (κ3) is 2.83. The molecule has 3 nitrogen and oxygen atoms in total. The van der Waals surface area contributed by atoms with Crippen molar-refractivity contribution in [2.45, 2.75) is 64.3 Å². The zero-order valence-electron chi connectivity index (χ0n) is 11.8. The van der Waals surface area contributed by atoms with Gasteiger partial charge in [0.05, 0.1) is 6.10 Å². The fraction of sp³-hybridized carbons (Fsp3) is 1.00. The maximum absolute atomic E-state index is 5.66. The quantitative estimate of drug-likeness (QED) is 0.797. The van der Waals surface area contributed by atoms with Gasteiger partial charge in [-0.15, -0.1) is 0 Å². The molecule has 2 fully saturated rings. The van der Waals surface area contributed by atoms with Gasteiger partial charge in [0.2, 0.25) is 0 Å². The van der Waals surface area contributed by atoms with Gasteiger partial charge in [0.15, 0.2) is 0 Å². The summed E-state index contributed by atoms with van der Waals surface area (Å²) in [6.07, 6.45) is 4.15. The van der Waals surface area contributed by atoms with Crippen LogP contribution in [0.4, 0.5) is 0 Å². The van der Waals surface area contributed by atoms with E-state index in [0.717, 1.165) is 18.6 Å². The first-order chi connectivity index (χ1) is 8.13. The van der Waals surface area contributed by atoms with Crippen molar-refractivity contribution in [3.8, 4) is 0 Å². The van der Waals surface area contributed by atoms with E-state index in [-0.39, 0.29) is 0 Å². The van der Waals surface area contributed by atoms with Crippen molar-refractivity contribution in [3.05, 3.63) is 0 Å². The Morgan fingerprint density at radius 3 is 2.59 bits per heavy atom. The number of likely N-dealkylation sites (tertiary alicyclic amines) is 1. The highest BCUT2D eigenvalue weighted by Gasteiger charge is 2.36. The molecule has 0 saturated carbocycles. The fourth-order valence-corrected chi connectivity index (χ4v) is 3.59. The molecule has 2 aliphatic heterocycles. The second-order valence-corrected chi connectivity index (χ2v) is 5.88. The molecule has 5 unspecified atom stereocenters. The minimum Gasteiger partial charge on any atom is -0.378 e. The maximum Gasteiger partial charge on any atom is 0.0561 e. The molecular weight excluding hydrogens is 212 g/mol. The molecule has 0 aromatic carbocycles. The summed E-state index contributed by atoms with van der Waals surface area (Å²) in [4.78, 5) is 2.73. The monoisotopic (exact) mass is 240 g/mol. The smallest absolute Gasteiger partial charge is 0.0561 e. The molecule has 2 saturated heterocycles. The Labute approximate surface area is 106 Å². The molecule has 2 rings (SSSR count). The van der Waals surface area contributed by atoms with Crippen molar-refractivity contribution in [2.24, 2.45) is 5.92 Å². The number of hydrogen-bond donors (Lipinski definition) is 1. The second kappa shape index (κ2) is 5.68. The van der Waals surface area contributed by atoms with Gasteiger partial charge in [0.25, 0.3) is 0 Å². The number of ether oxygens (including phenoxy) is 1. The van der Waals surface area contributed by atoms with E-state index in [4.69, 9.17) is 4.74 Å². The van der Waals surface area contributed by atoms with Gasteiger partial charge in [0.1, 0.15) is 0 Å². The van der Waals surface area contributed by atoms with E-state index >= 15 is 0 Å². The zero-order valence-corrected chi connectivity index (χ0v) is 11.8. The maximum atomic E-state index is 5.66. The molecule has 0 bridgehead atoms. The normalized spacial score (nSPS) is 44.8. The van der Waals surface area contributed by atoms with Crippen molar-refractivity contribution in [2.75, 3.05) is 20.2 Å². The van der Waals surface area contributed by atoms with E-state index in [1.807, 2.05) is 0 Å². The van der Waals surface area contributed by atoms with Crippen molar-refractivity contribution >= 4 is 0 Å². The van der Waals surface area contributed by atoms with Gasteiger partial charge in [-0.3, -0.25) is 4.90 Å². The van der Waals surface area contributed by atoms with Gasteiger partial charge in [-0.25, -0.2) is 0 Å². The summed E-state index contributed by atoms with van der Waals surface area (Å²) in [6.45, 7) is 9.18. The fourth-order valence-electron chi connectivity index (χ4n) is 3.59. The summed E-state index contributed by atoms with van der Waals surface area (Å²) in [5, 5.41) is 3.46. The minimum atomic E-state index is 0.443. The van der Waals surface area contributed by atoms with Crippen molar-refractivity contribution < 1.29 is 4.74 Å². The Hall–Kier alpha value is -0.120. The van der Waals surface area contributed by atoms with E-state index in [1.165, 1.54) is 25.8 Å². The van der Waals surface area contributed by atoms with Crippen LogP contribution in [0.3, 0.4) is 0 Å². The standard InChI is InChI=1S/C14H28N2O/c1-10-9-13(6-8-17-10)16-7-5-14(15-4)11(2)12(16)3/h10-15H,5-9H2,1-4H3. The van der Waals surface area contributed by atoms with E-state index in [0.29, 0.717) is 18.2 Å². The molecule has 0 spiro atoms. The van der Waals surface area contributed by atoms with E-state index < -0.39 is 0 Å². The molecule has 0 aliphatic carbocycles. The van der Waals surface area contributed by atoms with Gasteiger partial charge in [-0.05, 0) is 46.1 Å². The van der Waals surface area contributed by atoms with Crippen molar-refractivity contribution in [1.29, 1.82) is 0 Å². The Morgan fingerprint density at radius 2 is 1.94 bits per heavy atom. The highest BCUT2D eigenvalue weighted by molar-refractivity contribution is 4.92. The van der Waals surface area contributed by atoms with Crippen LogP contribution in [0.5, 0.6) is 0 Å². The third-order valence-corrected chi connectivity index (χ3v) is 4.91. The molecule has 5 atom stereocenters. The number of hydrogen-bond acceptors (Lipinski definition) is 3. The largest absolute Gasteiger partial charge is 0.378 e. The molecule has 0 aromatic heterocycles. The van der Waals surface area contributed by atoms with E-state index in [1.54, 1.807) is 0 Å². The topological polar surface area (TPSA) is 24.5 Å². The lowest BCUT2D eigenvalue weighted by Crippen LogP contribution is -2.57. The molecule has 2 aliphatic rings. The van der Waals surface area contributed by atoms with Crippen LogP contribution in [0, 0.1) is 5.92 Å². The minimum absolute atomic E-state index is 0.443. The number of piperidine rings is 1. The average molecular weight is 240 g/mol.